The molecule has 0 aliphatic carbocycles. The van der Waals surface area contributed by atoms with E-state index in [0.29, 0.717) is 10.0 Å². The predicted molar refractivity (Wildman–Crippen MR) is 81.5 cm³/mol. The Morgan fingerprint density at radius 3 is 2.82 bits per heavy atom. The Bertz CT molecular complexity index is 806. The first kappa shape index (κ1) is 16.6. The van der Waals surface area contributed by atoms with Gasteiger partial charge in [-0.15, -0.1) is 0 Å². The maximum Gasteiger partial charge on any atom is 0.350 e. The Hall–Kier alpha value is -1.78. The maximum absolute atomic E-state index is 11.5. The summed E-state index contributed by atoms with van der Waals surface area (Å²) in [7, 11) is -3.59. The van der Waals surface area contributed by atoms with Crippen molar-refractivity contribution in [2.24, 2.45) is 0 Å². The third-order valence-electron chi connectivity index (χ3n) is 2.22. The van der Waals surface area contributed by atoms with E-state index in [9.17, 15) is 13.2 Å². The lowest BCUT2D eigenvalue weighted by molar-refractivity contribution is 0.0532. The van der Waals surface area contributed by atoms with Crippen LogP contribution in [0.15, 0.2) is 17.4 Å². The van der Waals surface area contributed by atoms with E-state index in [0.717, 1.165) is 17.6 Å². The second-order valence-electron chi connectivity index (χ2n) is 4.01. The molecule has 0 aliphatic rings. The van der Waals surface area contributed by atoms with E-state index in [-0.39, 0.29) is 17.6 Å². The number of aromatic nitrogens is 3. The zero-order chi connectivity index (χ0) is 16.3. The second kappa shape index (κ2) is 6.55. The highest BCUT2D eigenvalue weighted by Crippen LogP contribution is 2.24. The zero-order valence-electron chi connectivity index (χ0n) is 11.5. The Morgan fingerprint density at radius 1 is 1.45 bits per heavy atom. The Morgan fingerprint density at radius 2 is 2.18 bits per heavy atom. The van der Waals surface area contributed by atoms with Crippen molar-refractivity contribution < 1.29 is 17.9 Å². The van der Waals surface area contributed by atoms with E-state index in [1.165, 1.54) is 12.3 Å². The number of halogens is 1. The third-order valence-corrected chi connectivity index (χ3v) is 4.16. The molecule has 0 amide bonds. The molecule has 2 rings (SSSR count). The molecule has 0 saturated carbocycles. The van der Waals surface area contributed by atoms with Crippen molar-refractivity contribution in [2.75, 3.05) is 18.2 Å². The molecule has 2 aromatic heterocycles. The van der Waals surface area contributed by atoms with Crippen LogP contribution >= 0.6 is 22.9 Å². The van der Waals surface area contributed by atoms with Gasteiger partial charge < -0.3 is 10.1 Å². The molecule has 11 heteroatoms. The molecule has 118 valence electrons. The van der Waals surface area contributed by atoms with Crippen LogP contribution in [-0.2, 0) is 14.6 Å². The molecular formula is C11H11ClN4O4S2. The van der Waals surface area contributed by atoms with Crippen LogP contribution in [0.25, 0.3) is 0 Å². The summed E-state index contributed by atoms with van der Waals surface area (Å²) < 4.78 is 27.8. The number of ether oxygens (including phenoxy) is 1. The highest BCUT2D eigenvalue weighted by Gasteiger charge is 2.15. The van der Waals surface area contributed by atoms with E-state index in [4.69, 9.17) is 16.3 Å². The smallest absolute Gasteiger partial charge is 0.350 e. The zero-order valence-corrected chi connectivity index (χ0v) is 13.9. The summed E-state index contributed by atoms with van der Waals surface area (Å²) in [5.74, 6) is -0.323. The first-order valence-electron chi connectivity index (χ1n) is 5.94. The van der Waals surface area contributed by atoms with Crippen molar-refractivity contribution in [3.63, 3.8) is 0 Å². The molecule has 0 fully saturated rings. The minimum Gasteiger partial charge on any atom is -0.462 e. The summed E-state index contributed by atoms with van der Waals surface area (Å²) in [6.07, 6.45) is 2.33. The summed E-state index contributed by atoms with van der Waals surface area (Å²) in [6, 6.07) is 1.35. The summed E-state index contributed by atoms with van der Waals surface area (Å²) >= 11 is 6.82. The van der Waals surface area contributed by atoms with E-state index in [1.54, 1.807) is 6.92 Å². The fourth-order valence-electron chi connectivity index (χ4n) is 1.36. The molecule has 0 bridgehead atoms. The largest absolute Gasteiger partial charge is 0.462 e. The Balaban J connectivity index is 2.24. The number of sulfone groups is 1. The number of anilines is 2. The SMILES string of the molecule is CCOC(=O)c1cnc(Nc2cc(Cl)nc(S(C)(=O)=O)n2)s1. The molecule has 0 unspecified atom stereocenters. The minimum absolute atomic E-state index is 0.0277. The summed E-state index contributed by atoms with van der Waals surface area (Å²) in [5, 5.41) is 2.69. The van der Waals surface area contributed by atoms with Crippen molar-refractivity contribution in [1.82, 2.24) is 15.0 Å². The molecule has 8 nitrogen and oxygen atoms in total. The van der Waals surface area contributed by atoms with Gasteiger partial charge in [-0.1, -0.05) is 22.9 Å². The fourth-order valence-corrected chi connectivity index (χ4v) is 2.84. The van der Waals surface area contributed by atoms with Gasteiger partial charge in [-0.2, -0.15) is 0 Å². The normalized spacial score (nSPS) is 11.2. The number of hydrogen-bond donors (Lipinski definition) is 1. The van der Waals surface area contributed by atoms with Gasteiger partial charge in [0.1, 0.15) is 15.8 Å². The summed E-state index contributed by atoms with van der Waals surface area (Å²) in [6.45, 7) is 1.96. The van der Waals surface area contributed by atoms with E-state index in [1.807, 2.05) is 0 Å². The first-order chi connectivity index (χ1) is 10.3. The van der Waals surface area contributed by atoms with Gasteiger partial charge >= 0.3 is 5.97 Å². The monoisotopic (exact) mass is 362 g/mol. The summed E-state index contributed by atoms with van der Waals surface area (Å²) in [5.41, 5.74) is 0. The first-order valence-corrected chi connectivity index (χ1v) is 9.03. The van der Waals surface area contributed by atoms with Crippen LogP contribution in [0.1, 0.15) is 16.6 Å². The number of nitrogens with one attached hydrogen (secondary N) is 1. The van der Waals surface area contributed by atoms with Crippen LogP contribution in [0.4, 0.5) is 10.9 Å². The van der Waals surface area contributed by atoms with Crippen LogP contribution in [0.2, 0.25) is 5.15 Å². The van der Waals surface area contributed by atoms with E-state index >= 15 is 0 Å². The molecule has 0 aromatic carbocycles. The lowest BCUT2D eigenvalue weighted by Crippen LogP contribution is -2.06. The maximum atomic E-state index is 11.5. The topological polar surface area (TPSA) is 111 Å². The van der Waals surface area contributed by atoms with Crippen molar-refractivity contribution in [3.05, 3.63) is 22.3 Å². The molecule has 2 aromatic rings. The molecule has 0 atom stereocenters. The molecule has 22 heavy (non-hydrogen) atoms. The molecule has 2 heterocycles. The van der Waals surface area contributed by atoms with Crippen LogP contribution < -0.4 is 5.32 Å². The molecule has 0 aliphatic heterocycles. The third kappa shape index (κ3) is 4.12. The van der Waals surface area contributed by atoms with Crippen molar-refractivity contribution in [1.29, 1.82) is 0 Å². The van der Waals surface area contributed by atoms with Crippen LogP contribution in [0.3, 0.4) is 0 Å². The average molecular weight is 363 g/mol. The Labute approximate surface area is 135 Å². The predicted octanol–water partition coefficient (Wildman–Crippen LogP) is 1.91. The average Bonchev–Trinajstić information content (AvgIpc) is 2.86. The molecule has 1 N–H and O–H groups in total. The number of hydrogen-bond acceptors (Lipinski definition) is 9. The number of carbonyl (C=O) groups excluding carboxylic acids is 1. The molecule has 0 spiro atoms. The Kier molecular flexibility index (Phi) is 4.94. The highest BCUT2D eigenvalue weighted by molar-refractivity contribution is 7.90. The van der Waals surface area contributed by atoms with E-state index < -0.39 is 21.0 Å². The fraction of sp³-hybridized carbons (Fsp3) is 0.273. The number of carbonyl (C=O) groups is 1. The lowest BCUT2D eigenvalue weighted by atomic mass is 10.5. The van der Waals surface area contributed by atoms with Gasteiger partial charge in [0, 0.05) is 12.3 Å². The van der Waals surface area contributed by atoms with Gasteiger partial charge in [0.25, 0.3) is 0 Å². The minimum atomic E-state index is -3.59. The van der Waals surface area contributed by atoms with Gasteiger partial charge in [0.2, 0.25) is 15.0 Å². The number of esters is 1. The second-order valence-corrected chi connectivity index (χ2v) is 7.33. The van der Waals surface area contributed by atoms with Gasteiger partial charge in [-0.25, -0.2) is 28.2 Å². The van der Waals surface area contributed by atoms with Crippen LogP contribution in [0, 0.1) is 0 Å². The highest BCUT2D eigenvalue weighted by atomic mass is 35.5. The standard InChI is InChI=1S/C11H11ClN4O4S2/c1-3-20-9(17)6-5-13-10(21-6)15-8-4-7(12)14-11(16-8)22(2,18)19/h4-5H,3H2,1-2H3,(H,13,14,15,16). The number of thiazole rings is 1. The van der Waals surface area contributed by atoms with Crippen molar-refractivity contribution >= 4 is 49.7 Å². The van der Waals surface area contributed by atoms with Crippen molar-refractivity contribution in [2.45, 2.75) is 12.1 Å². The quantitative estimate of drug-likeness (QED) is 0.487. The summed E-state index contributed by atoms with van der Waals surface area (Å²) in [4.78, 5) is 23.3. The number of nitrogens with zero attached hydrogens (tertiary/aromatic N) is 3. The van der Waals surface area contributed by atoms with Crippen LogP contribution in [0.5, 0.6) is 0 Å². The van der Waals surface area contributed by atoms with Gasteiger partial charge in [0.15, 0.2) is 5.13 Å². The molecule has 0 radical (unpaired) electrons. The lowest BCUT2D eigenvalue weighted by Gasteiger charge is -2.04. The van der Waals surface area contributed by atoms with Gasteiger partial charge in [-0.3, -0.25) is 0 Å². The molecular weight excluding hydrogens is 352 g/mol. The van der Waals surface area contributed by atoms with Gasteiger partial charge in [-0.05, 0) is 6.92 Å². The number of rotatable bonds is 5. The van der Waals surface area contributed by atoms with Crippen LogP contribution in [-0.4, -0.2) is 42.2 Å². The van der Waals surface area contributed by atoms with E-state index in [2.05, 4.69) is 20.3 Å². The van der Waals surface area contributed by atoms with Crippen molar-refractivity contribution in [3.8, 4) is 0 Å². The van der Waals surface area contributed by atoms with Gasteiger partial charge in [0.05, 0.1) is 12.8 Å². The molecule has 0 saturated heterocycles.